The van der Waals surface area contributed by atoms with E-state index in [1.54, 1.807) is 0 Å². The minimum atomic E-state index is -1.82. The number of carbonyl (C=O) groups is 2. The van der Waals surface area contributed by atoms with Crippen LogP contribution in [0, 0.1) is 13.8 Å². The van der Waals surface area contributed by atoms with E-state index in [-0.39, 0.29) is 0 Å². The Kier molecular flexibility index (Phi) is 7.17. The first-order chi connectivity index (χ1) is 12.4. The number of benzene rings is 1. The molecular formula is C19H24N2O4S. The Morgan fingerprint density at radius 3 is 2.08 bits per heavy atom. The van der Waals surface area contributed by atoms with Gasteiger partial charge in [0.25, 0.3) is 0 Å². The summed E-state index contributed by atoms with van der Waals surface area (Å²) in [5.41, 5.74) is 4.23. The fourth-order valence-electron chi connectivity index (χ4n) is 2.83. The number of nitrogens with zero attached hydrogens (tertiary/aromatic N) is 2. The summed E-state index contributed by atoms with van der Waals surface area (Å²) in [6, 6.07) is 10.9. The summed E-state index contributed by atoms with van der Waals surface area (Å²) in [4.78, 5) is 24.8. The maximum Gasteiger partial charge on any atom is 0.414 e. The van der Waals surface area contributed by atoms with Crippen LogP contribution in [0.15, 0.2) is 35.7 Å². The molecule has 7 heteroatoms. The predicted octanol–water partition coefficient (Wildman–Crippen LogP) is 2.84. The second-order valence-corrected chi connectivity index (χ2v) is 7.19. The van der Waals surface area contributed by atoms with Crippen LogP contribution in [-0.2, 0) is 16.1 Å². The van der Waals surface area contributed by atoms with E-state index in [4.69, 9.17) is 19.8 Å². The van der Waals surface area contributed by atoms with Gasteiger partial charge in [0.15, 0.2) is 0 Å². The number of rotatable bonds is 3. The van der Waals surface area contributed by atoms with Crippen molar-refractivity contribution in [2.24, 2.45) is 0 Å². The van der Waals surface area contributed by atoms with Gasteiger partial charge in [0.1, 0.15) is 0 Å². The summed E-state index contributed by atoms with van der Waals surface area (Å²) in [6.07, 6.45) is 0. The highest BCUT2D eigenvalue weighted by Crippen LogP contribution is 2.23. The molecule has 2 heterocycles. The maximum atomic E-state index is 9.10. The second kappa shape index (κ2) is 9.35. The summed E-state index contributed by atoms with van der Waals surface area (Å²) in [5.74, 6) is -3.65. The molecule has 0 aliphatic carbocycles. The SMILES string of the molecule is Cc1ccccc1N1CCN(Cc2sccc2C)CC1.O=C(O)C(=O)O. The van der Waals surface area contributed by atoms with Gasteiger partial charge in [-0.2, -0.15) is 0 Å². The Balaban J connectivity index is 0.000000352. The number of carboxylic acid groups (broad SMARTS) is 2. The number of hydrogen-bond donors (Lipinski definition) is 2. The van der Waals surface area contributed by atoms with Crippen LogP contribution in [-0.4, -0.2) is 53.2 Å². The number of hydrogen-bond acceptors (Lipinski definition) is 5. The van der Waals surface area contributed by atoms with Crippen LogP contribution in [0.5, 0.6) is 0 Å². The van der Waals surface area contributed by atoms with Crippen molar-refractivity contribution in [3.05, 3.63) is 51.7 Å². The van der Waals surface area contributed by atoms with E-state index in [0.29, 0.717) is 0 Å². The van der Waals surface area contributed by atoms with Crippen molar-refractivity contribution in [1.82, 2.24) is 4.90 Å². The quantitative estimate of drug-likeness (QED) is 0.802. The maximum absolute atomic E-state index is 9.10. The third kappa shape index (κ3) is 5.57. The van der Waals surface area contributed by atoms with Crippen LogP contribution in [0.4, 0.5) is 5.69 Å². The Morgan fingerprint density at radius 2 is 1.58 bits per heavy atom. The molecule has 1 aromatic heterocycles. The van der Waals surface area contributed by atoms with Gasteiger partial charge in [-0.05, 0) is 42.5 Å². The van der Waals surface area contributed by atoms with E-state index < -0.39 is 11.9 Å². The first-order valence-corrected chi connectivity index (χ1v) is 9.28. The van der Waals surface area contributed by atoms with Crippen molar-refractivity contribution in [1.29, 1.82) is 0 Å². The molecule has 1 aliphatic heterocycles. The lowest BCUT2D eigenvalue weighted by atomic mass is 10.1. The average molecular weight is 376 g/mol. The molecular weight excluding hydrogens is 352 g/mol. The van der Waals surface area contributed by atoms with E-state index in [1.807, 2.05) is 11.3 Å². The van der Waals surface area contributed by atoms with E-state index in [1.165, 1.54) is 21.7 Å². The Hall–Kier alpha value is -2.38. The molecule has 2 aromatic rings. The average Bonchev–Trinajstić information content (AvgIpc) is 3.01. The first kappa shape index (κ1) is 19.9. The third-order valence-corrected chi connectivity index (χ3v) is 5.35. The molecule has 0 saturated carbocycles. The fraction of sp³-hybridized carbons (Fsp3) is 0.368. The second-order valence-electron chi connectivity index (χ2n) is 6.19. The fourth-order valence-corrected chi connectivity index (χ4v) is 3.78. The molecule has 26 heavy (non-hydrogen) atoms. The number of anilines is 1. The van der Waals surface area contributed by atoms with Crippen molar-refractivity contribution in [2.75, 3.05) is 31.1 Å². The van der Waals surface area contributed by atoms with Crippen LogP contribution < -0.4 is 4.90 Å². The van der Waals surface area contributed by atoms with E-state index in [2.05, 4.69) is 59.4 Å². The summed E-state index contributed by atoms with van der Waals surface area (Å²) in [5, 5.41) is 17.0. The molecule has 0 radical (unpaired) electrons. The van der Waals surface area contributed by atoms with E-state index in [0.717, 1.165) is 32.7 Å². The lowest BCUT2D eigenvalue weighted by Crippen LogP contribution is -2.46. The lowest BCUT2D eigenvalue weighted by molar-refractivity contribution is -0.159. The molecule has 0 unspecified atom stereocenters. The standard InChI is InChI=1S/C17H22N2S.C2H2O4/c1-14-5-3-4-6-16(14)19-10-8-18(9-11-19)13-17-15(2)7-12-20-17;3-1(4)2(5)6/h3-7,12H,8-11,13H2,1-2H3;(H,3,4)(H,5,6). The number of para-hydroxylation sites is 1. The van der Waals surface area contributed by atoms with Gasteiger partial charge in [-0.25, -0.2) is 9.59 Å². The molecule has 0 amide bonds. The predicted molar refractivity (Wildman–Crippen MR) is 103 cm³/mol. The highest BCUT2D eigenvalue weighted by atomic mass is 32.1. The lowest BCUT2D eigenvalue weighted by Gasteiger charge is -2.36. The Morgan fingerprint density at radius 1 is 0.962 bits per heavy atom. The molecule has 1 fully saturated rings. The topological polar surface area (TPSA) is 81.1 Å². The number of aryl methyl sites for hydroxylation is 2. The van der Waals surface area contributed by atoms with Crippen molar-refractivity contribution in [3.8, 4) is 0 Å². The van der Waals surface area contributed by atoms with Crippen LogP contribution in [0.1, 0.15) is 16.0 Å². The Bertz CT molecular complexity index is 740. The van der Waals surface area contributed by atoms with Gasteiger partial charge in [-0.1, -0.05) is 18.2 Å². The normalized spacial score (nSPS) is 14.5. The molecule has 6 nitrogen and oxygen atoms in total. The third-order valence-electron chi connectivity index (χ3n) is 4.35. The molecule has 1 aromatic carbocycles. The molecule has 1 saturated heterocycles. The number of carboxylic acids is 2. The van der Waals surface area contributed by atoms with Gasteiger partial charge in [0.05, 0.1) is 0 Å². The van der Waals surface area contributed by atoms with Gasteiger partial charge in [-0.15, -0.1) is 11.3 Å². The summed E-state index contributed by atoms with van der Waals surface area (Å²) >= 11 is 1.89. The smallest absolute Gasteiger partial charge is 0.414 e. The van der Waals surface area contributed by atoms with Crippen molar-refractivity contribution >= 4 is 29.0 Å². The van der Waals surface area contributed by atoms with Crippen LogP contribution in [0.2, 0.25) is 0 Å². The van der Waals surface area contributed by atoms with Crippen molar-refractivity contribution < 1.29 is 19.8 Å². The number of thiophene rings is 1. The molecule has 140 valence electrons. The summed E-state index contributed by atoms with van der Waals surface area (Å²) < 4.78 is 0. The van der Waals surface area contributed by atoms with Gasteiger partial charge in [-0.3, -0.25) is 4.90 Å². The minimum Gasteiger partial charge on any atom is -0.473 e. The van der Waals surface area contributed by atoms with Crippen LogP contribution >= 0.6 is 11.3 Å². The zero-order valence-electron chi connectivity index (χ0n) is 15.0. The van der Waals surface area contributed by atoms with E-state index >= 15 is 0 Å². The zero-order valence-corrected chi connectivity index (χ0v) is 15.8. The number of piperazine rings is 1. The minimum absolute atomic E-state index is 1.12. The highest BCUT2D eigenvalue weighted by Gasteiger charge is 2.18. The van der Waals surface area contributed by atoms with Crippen LogP contribution in [0.25, 0.3) is 0 Å². The number of aliphatic carboxylic acids is 2. The molecule has 0 bridgehead atoms. The monoisotopic (exact) mass is 376 g/mol. The van der Waals surface area contributed by atoms with Gasteiger partial charge in [0.2, 0.25) is 0 Å². The highest BCUT2D eigenvalue weighted by molar-refractivity contribution is 7.10. The van der Waals surface area contributed by atoms with Crippen molar-refractivity contribution in [3.63, 3.8) is 0 Å². The molecule has 1 aliphatic rings. The molecule has 0 atom stereocenters. The molecule has 2 N–H and O–H groups in total. The summed E-state index contributed by atoms with van der Waals surface area (Å²) in [7, 11) is 0. The van der Waals surface area contributed by atoms with Gasteiger partial charge in [0, 0.05) is 43.3 Å². The Labute approximate surface area is 157 Å². The molecule has 3 rings (SSSR count). The summed E-state index contributed by atoms with van der Waals surface area (Å²) in [6.45, 7) is 10.1. The first-order valence-electron chi connectivity index (χ1n) is 8.40. The van der Waals surface area contributed by atoms with Crippen LogP contribution in [0.3, 0.4) is 0 Å². The van der Waals surface area contributed by atoms with Crippen molar-refractivity contribution in [2.45, 2.75) is 20.4 Å². The van der Waals surface area contributed by atoms with Gasteiger partial charge >= 0.3 is 11.9 Å². The largest absolute Gasteiger partial charge is 0.473 e. The van der Waals surface area contributed by atoms with Gasteiger partial charge < -0.3 is 15.1 Å². The van der Waals surface area contributed by atoms with E-state index in [9.17, 15) is 0 Å². The molecule has 0 spiro atoms. The zero-order chi connectivity index (χ0) is 19.1.